The maximum atomic E-state index is 12.9. The van der Waals surface area contributed by atoms with E-state index in [4.69, 9.17) is 0 Å². The van der Waals surface area contributed by atoms with Gasteiger partial charge < -0.3 is 5.32 Å². The average Bonchev–Trinajstić information content (AvgIpc) is 2.57. The first-order chi connectivity index (χ1) is 12.3. The van der Waals surface area contributed by atoms with Gasteiger partial charge in [0.15, 0.2) is 9.84 Å². The zero-order valence-corrected chi connectivity index (χ0v) is 15.6. The van der Waals surface area contributed by atoms with Gasteiger partial charge in [0.2, 0.25) is 5.91 Å². The molecule has 0 fully saturated rings. The van der Waals surface area contributed by atoms with Crippen LogP contribution in [0.5, 0.6) is 0 Å². The van der Waals surface area contributed by atoms with Crippen LogP contribution in [0.4, 0.5) is 10.2 Å². The van der Waals surface area contributed by atoms with Crippen LogP contribution in [0.15, 0.2) is 47.5 Å². The molecule has 0 bridgehead atoms. The number of rotatable bonds is 8. The zero-order chi connectivity index (χ0) is 19.2. The number of nitrogens with one attached hydrogen (secondary N) is 1. The molecule has 26 heavy (non-hydrogen) atoms. The molecule has 140 valence electrons. The number of sulfone groups is 1. The quantitative estimate of drug-likeness (QED) is 0.712. The highest BCUT2D eigenvalue weighted by molar-refractivity contribution is 7.91. The first-order valence-corrected chi connectivity index (χ1v) is 9.81. The van der Waals surface area contributed by atoms with Gasteiger partial charge >= 0.3 is 0 Å². The smallest absolute Gasteiger partial charge is 0.239 e. The molecule has 2 aromatic rings. The van der Waals surface area contributed by atoms with Gasteiger partial charge in [-0.3, -0.25) is 9.69 Å². The Morgan fingerprint density at radius 3 is 2.50 bits per heavy atom. The fourth-order valence-corrected chi connectivity index (χ4v) is 3.63. The van der Waals surface area contributed by atoms with Gasteiger partial charge in [-0.15, -0.1) is 0 Å². The highest BCUT2D eigenvalue weighted by Gasteiger charge is 2.15. The predicted octanol–water partition coefficient (Wildman–Crippen LogP) is 2.26. The highest BCUT2D eigenvalue weighted by Crippen LogP contribution is 2.13. The Balaban J connectivity index is 1.77. The molecule has 0 aliphatic rings. The van der Waals surface area contributed by atoms with Crippen molar-refractivity contribution in [2.24, 2.45) is 0 Å². The molecule has 1 aromatic carbocycles. The second kappa shape index (κ2) is 8.86. The second-order valence-corrected chi connectivity index (χ2v) is 8.24. The molecule has 0 spiro atoms. The Kier molecular flexibility index (Phi) is 6.82. The van der Waals surface area contributed by atoms with E-state index in [0.29, 0.717) is 18.8 Å². The average molecular weight is 379 g/mol. The number of benzene rings is 1. The van der Waals surface area contributed by atoms with Gasteiger partial charge in [0.25, 0.3) is 0 Å². The van der Waals surface area contributed by atoms with Crippen LogP contribution < -0.4 is 5.32 Å². The van der Waals surface area contributed by atoms with E-state index in [1.807, 2.05) is 13.0 Å². The van der Waals surface area contributed by atoms with Crippen LogP contribution >= 0.6 is 0 Å². The fraction of sp³-hybridized carbons (Fsp3) is 0.333. The minimum Gasteiger partial charge on any atom is -0.310 e. The van der Waals surface area contributed by atoms with Gasteiger partial charge in [-0.2, -0.15) is 0 Å². The summed E-state index contributed by atoms with van der Waals surface area (Å²) in [5.41, 5.74) is 1.00. The molecule has 0 saturated carbocycles. The van der Waals surface area contributed by atoms with Crippen LogP contribution in [-0.2, 0) is 14.6 Å². The van der Waals surface area contributed by atoms with Crippen molar-refractivity contribution in [3.8, 4) is 0 Å². The molecule has 2 rings (SSSR count). The summed E-state index contributed by atoms with van der Waals surface area (Å²) in [7, 11) is -1.71. The lowest BCUT2D eigenvalue weighted by Crippen LogP contribution is -2.31. The zero-order valence-electron chi connectivity index (χ0n) is 14.8. The third-order valence-corrected chi connectivity index (χ3v) is 5.53. The van der Waals surface area contributed by atoms with Crippen LogP contribution in [0, 0.1) is 12.7 Å². The summed E-state index contributed by atoms with van der Waals surface area (Å²) in [5.74, 6) is -0.278. The SMILES string of the molecule is Cc1ccc(NC(=O)CN(C)CCCS(=O)(=O)c2ccc(F)cc2)nc1. The van der Waals surface area contributed by atoms with Crippen molar-refractivity contribution in [1.82, 2.24) is 9.88 Å². The van der Waals surface area contributed by atoms with Crippen molar-refractivity contribution in [2.75, 3.05) is 31.2 Å². The Bertz CT molecular complexity index is 837. The van der Waals surface area contributed by atoms with Gasteiger partial charge in [0.05, 0.1) is 17.2 Å². The van der Waals surface area contributed by atoms with Crippen molar-refractivity contribution in [2.45, 2.75) is 18.2 Å². The monoisotopic (exact) mass is 379 g/mol. The Labute approximate surface area is 153 Å². The number of amides is 1. The summed E-state index contributed by atoms with van der Waals surface area (Å²) in [6.07, 6.45) is 2.03. The van der Waals surface area contributed by atoms with E-state index in [1.54, 1.807) is 24.2 Å². The van der Waals surface area contributed by atoms with E-state index in [-0.39, 0.29) is 23.1 Å². The van der Waals surface area contributed by atoms with Crippen LogP contribution in [0.1, 0.15) is 12.0 Å². The lowest BCUT2D eigenvalue weighted by atomic mass is 10.3. The van der Waals surface area contributed by atoms with Crippen molar-refractivity contribution < 1.29 is 17.6 Å². The Morgan fingerprint density at radius 2 is 1.88 bits per heavy atom. The van der Waals surface area contributed by atoms with Gasteiger partial charge in [-0.05, 0) is 62.8 Å². The van der Waals surface area contributed by atoms with E-state index in [2.05, 4.69) is 10.3 Å². The normalized spacial score (nSPS) is 11.5. The molecular weight excluding hydrogens is 357 g/mol. The molecule has 0 atom stereocenters. The number of anilines is 1. The predicted molar refractivity (Wildman–Crippen MR) is 98.2 cm³/mol. The first kappa shape index (κ1) is 20.0. The number of carbonyl (C=O) groups is 1. The highest BCUT2D eigenvalue weighted by atomic mass is 32.2. The molecular formula is C18H22FN3O3S. The molecule has 1 heterocycles. The number of likely N-dealkylation sites (N-methyl/N-ethyl adjacent to an activating group) is 1. The third-order valence-electron chi connectivity index (χ3n) is 3.72. The van der Waals surface area contributed by atoms with Crippen LogP contribution in [0.2, 0.25) is 0 Å². The summed E-state index contributed by atoms with van der Waals surface area (Å²) >= 11 is 0. The molecule has 0 aliphatic carbocycles. The Hall–Kier alpha value is -2.32. The van der Waals surface area contributed by atoms with E-state index >= 15 is 0 Å². The van der Waals surface area contributed by atoms with Crippen LogP contribution in [-0.4, -0.2) is 50.1 Å². The van der Waals surface area contributed by atoms with Gasteiger partial charge in [0.1, 0.15) is 11.6 Å². The maximum absolute atomic E-state index is 12.9. The number of hydrogen-bond donors (Lipinski definition) is 1. The number of nitrogens with zero attached hydrogens (tertiary/aromatic N) is 2. The first-order valence-electron chi connectivity index (χ1n) is 8.15. The second-order valence-electron chi connectivity index (χ2n) is 6.13. The molecule has 0 radical (unpaired) electrons. The fourth-order valence-electron chi connectivity index (χ4n) is 2.33. The van der Waals surface area contributed by atoms with E-state index < -0.39 is 15.7 Å². The lowest BCUT2D eigenvalue weighted by Gasteiger charge is -2.16. The molecule has 0 aliphatic heterocycles. The van der Waals surface area contributed by atoms with Gasteiger partial charge in [0, 0.05) is 6.20 Å². The number of halogens is 1. The minimum atomic E-state index is -3.46. The summed E-state index contributed by atoms with van der Waals surface area (Å²) in [6, 6.07) is 8.35. The summed E-state index contributed by atoms with van der Waals surface area (Å²) in [6.45, 7) is 2.48. The topological polar surface area (TPSA) is 79.4 Å². The maximum Gasteiger partial charge on any atom is 0.239 e. The van der Waals surface area contributed by atoms with Crippen molar-refractivity contribution >= 4 is 21.6 Å². The van der Waals surface area contributed by atoms with E-state index in [1.165, 1.54) is 12.1 Å². The standard InChI is InChI=1S/C18H22FN3O3S/c1-14-4-9-17(20-12-14)21-18(23)13-22(2)10-3-11-26(24,25)16-7-5-15(19)6-8-16/h4-9,12H,3,10-11,13H2,1-2H3,(H,20,21,23). The van der Waals surface area contributed by atoms with Crippen molar-refractivity contribution in [3.05, 3.63) is 54.0 Å². The molecule has 1 amide bonds. The number of aromatic nitrogens is 1. The molecule has 0 unspecified atom stereocenters. The van der Waals surface area contributed by atoms with Crippen molar-refractivity contribution in [1.29, 1.82) is 0 Å². The van der Waals surface area contributed by atoms with E-state index in [0.717, 1.165) is 17.7 Å². The van der Waals surface area contributed by atoms with E-state index in [9.17, 15) is 17.6 Å². The number of aryl methyl sites for hydroxylation is 1. The summed E-state index contributed by atoms with van der Waals surface area (Å²) < 4.78 is 37.3. The van der Waals surface area contributed by atoms with Crippen molar-refractivity contribution in [3.63, 3.8) is 0 Å². The number of pyridine rings is 1. The largest absolute Gasteiger partial charge is 0.310 e. The van der Waals surface area contributed by atoms with Gasteiger partial charge in [-0.25, -0.2) is 17.8 Å². The summed E-state index contributed by atoms with van der Waals surface area (Å²) in [5, 5.41) is 2.69. The number of carbonyl (C=O) groups excluding carboxylic acids is 1. The summed E-state index contributed by atoms with van der Waals surface area (Å²) in [4.78, 5) is 17.9. The Morgan fingerprint density at radius 1 is 1.19 bits per heavy atom. The molecule has 6 nitrogen and oxygen atoms in total. The molecule has 1 N–H and O–H groups in total. The van der Waals surface area contributed by atoms with Gasteiger partial charge in [-0.1, -0.05) is 6.07 Å². The van der Waals surface area contributed by atoms with Crippen LogP contribution in [0.3, 0.4) is 0 Å². The molecule has 1 aromatic heterocycles. The molecule has 0 saturated heterocycles. The molecule has 8 heteroatoms. The lowest BCUT2D eigenvalue weighted by molar-refractivity contribution is -0.117. The van der Waals surface area contributed by atoms with Crippen LogP contribution in [0.25, 0.3) is 0 Å². The minimum absolute atomic E-state index is 0.0654. The third kappa shape index (κ3) is 6.20. The number of hydrogen-bond acceptors (Lipinski definition) is 5.